The minimum absolute atomic E-state index is 0.0799. The van der Waals surface area contributed by atoms with Gasteiger partial charge in [0.15, 0.2) is 0 Å². The molecular weight excluding hydrogens is 287 g/mol. The Kier molecular flexibility index (Phi) is 3.18. The molecule has 0 bridgehead atoms. The van der Waals surface area contributed by atoms with Gasteiger partial charge in [0, 0.05) is 17.3 Å². The summed E-state index contributed by atoms with van der Waals surface area (Å²) in [6.07, 6.45) is 15.2. The molecule has 2 heteroatoms. The first-order valence-electron chi connectivity index (χ1n) is 9.14. The van der Waals surface area contributed by atoms with Crippen LogP contribution in [-0.2, 0) is 0 Å². The fourth-order valence-electron chi connectivity index (χ4n) is 6.33. The van der Waals surface area contributed by atoms with Crippen LogP contribution >= 0.6 is 0 Å². The maximum absolute atomic E-state index is 14.9. The fraction of sp³-hybridized carbons (Fsp3) is 0.714. The standard InChI is InChI=1S/C21H27FO/c1-4-21(23)12-9-16-14-13-18(22)17-7-5-6-10-19(17,2)15(14)8-11-20(16,21)3/h1,8,14,16,23H,5-7,9-13H2,2-3H3/t14-,16+,19-,20+,21+/m1/s1. The fourth-order valence-corrected chi connectivity index (χ4v) is 6.33. The molecule has 0 aliphatic heterocycles. The molecule has 0 aromatic heterocycles. The first-order chi connectivity index (χ1) is 10.9. The molecule has 1 nitrogen and oxygen atoms in total. The number of halogens is 1. The van der Waals surface area contributed by atoms with Crippen LogP contribution in [-0.4, -0.2) is 10.7 Å². The van der Waals surface area contributed by atoms with E-state index in [1.807, 2.05) is 0 Å². The van der Waals surface area contributed by atoms with E-state index in [2.05, 4.69) is 25.8 Å². The molecule has 0 radical (unpaired) electrons. The molecule has 4 aliphatic carbocycles. The number of hydrogen-bond donors (Lipinski definition) is 1. The van der Waals surface area contributed by atoms with Gasteiger partial charge in [-0.3, -0.25) is 0 Å². The van der Waals surface area contributed by atoms with Gasteiger partial charge in [-0.25, -0.2) is 4.39 Å². The lowest BCUT2D eigenvalue weighted by molar-refractivity contribution is -0.0366. The number of hydrogen-bond acceptors (Lipinski definition) is 1. The average Bonchev–Trinajstić information content (AvgIpc) is 2.80. The van der Waals surface area contributed by atoms with Gasteiger partial charge in [0.2, 0.25) is 0 Å². The number of aliphatic hydroxyl groups is 1. The van der Waals surface area contributed by atoms with Gasteiger partial charge in [-0.1, -0.05) is 37.8 Å². The van der Waals surface area contributed by atoms with Gasteiger partial charge in [-0.2, -0.15) is 0 Å². The molecule has 4 aliphatic rings. The van der Waals surface area contributed by atoms with Crippen LogP contribution in [0.25, 0.3) is 0 Å². The van der Waals surface area contributed by atoms with Crippen LogP contribution in [0, 0.1) is 35.0 Å². The lowest BCUT2D eigenvalue weighted by Crippen LogP contribution is -2.50. The summed E-state index contributed by atoms with van der Waals surface area (Å²) < 4.78 is 14.9. The molecule has 5 atom stereocenters. The van der Waals surface area contributed by atoms with E-state index in [9.17, 15) is 9.50 Å². The predicted molar refractivity (Wildman–Crippen MR) is 90.1 cm³/mol. The van der Waals surface area contributed by atoms with Gasteiger partial charge in [-0.05, 0) is 55.9 Å². The summed E-state index contributed by atoms with van der Waals surface area (Å²) in [5.41, 5.74) is 1.10. The summed E-state index contributed by atoms with van der Waals surface area (Å²) in [5.74, 6) is 3.33. The topological polar surface area (TPSA) is 20.2 Å². The number of rotatable bonds is 0. The van der Waals surface area contributed by atoms with Crippen LogP contribution < -0.4 is 0 Å². The maximum Gasteiger partial charge on any atom is 0.131 e. The first-order valence-corrected chi connectivity index (χ1v) is 9.14. The van der Waals surface area contributed by atoms with Crippen molar-refractivity contribution >= 4 is 0 Å². The number of fused-ring (bicyclic) bond motifs is 5. The lowest BCUT2D eigenvalue weighted by atomic mass is 9.51. The summed E-state index contributed by atoms with van der Waals surface area (Å²) >= 11 is 0. The van der Waals surface area contributed by atoms with Crippen LogP contribution in [0.3, 0.4) is 0 Å². The van der Waals surface area contributed by atoms with E-state index in [4.69, 9.17) is 6.42 Å². The minimum Gasteiger partial charge on any atom is -0.377 e. The average molecular weight is 314 g/mol. The Morgan fingerprint density at radius 1 is 1.30 bits per heavy atom. The smallest absolute Gasteiger partial charge is 0.131 e. The first kappa shape index (κ1) is 15.5. The Labute approximate surface area is 139 Å². The van der Waals surface area contributed by atoms with Gasteiger partial charge < -0.3 is 5.11 Å². The molecule has 4 rings (SSSR count). The molecule has 2 fully saturated rings. The van der Waals surface area contributed by atoms with Crippen molar-refractivity contribution < 1.29 is 9.50 Å². The number of terminal acetylenes is 1. The second kappa shape index (κ2) is 4.73. The van der Waals surface area contributed by atoms with Crippen molar-refractivity contribution in [3.05, 3.63) is 23.0 Å². The molecular formula is C21H27FO. The zero-order valence-electron chi connectivity index (χ0n) is 14.3. The molecule has 2 saturated carbocycles. The van der Waals surface area contributed by atoms with Crippen LogP contribution in [0.5, 0.6) is 0 Å². The molecule has 0 spiro atoms. The van der Waals surface area contributed by atoms with Crippen molar-refractivity contribution in [1.82, 2.24) is 0 Å². The molecule has 1 N–H and O–H groups in total. The summed E-state index contributed by atoms with van der Waals surface area (Å²) in [4.78, 5) is 0. The summed E-state index contributed by atoms with van der Waals surface area (Å²) in [6, 6.07) is 0. The van der Waals surface area contributed by atoms with E-state index in [-0.39, 0.29) is 22.6 Å². The monoisotopic (exact) mass is 314 g/mol. The Morgan fingerprint density at radius 2 is 2.09 bits per heavy atom. The van der Waals surface area contributed by atoms with Crippen LogP contribution in [0.15, 0.2) is 23.0 Å². The van der Waals surface area contributed by atoms with E-state index in [0.717, 1.165) is 37.7 Å². The van der Waals surface area contributed by atoms with E-state index >= 15 is 0 Å². The zero-order valence-corrected chi connectivity index (χ0v) is 14.3. The molecule has 0 unspecified atom stereocenters. The second-order valence-electron chi connectivity index (χ2n) is 8.66. The quantitative estimate of drug-likeness (QED) is 0.497. The zero-order chi connectivity index (χ0) is 16.5. The Hall–Kier alpha value is -1.07. The minimum atomic E-state index is -1.03. The largest absolute Gasteiger partial charge is 0.377 e. The van der Waals surface area contributed by atoms with Crippen molar-refractivity contribution in [2.24, 2.45) is 22.7 Å². The highest BCUT2D eigenvalue weighted by Gasteiger charge is 2.61. The van der Waals surface area contributed by atoms with Crippen LogP contribution in [0.4, 0.5) is 4.39 Å². The van der Waals surface area contributed by atoms with Crippen molar-refractivity contribution in [1.29, 1.82) is 0 Å². The highest BCUT2D eigenvalue weighted by molar-refractivity contribution is 5.42. The van der Waals surface area contributed by atoms with Crippen molar-refractivity contribution in [3.63, 3.8) is 0 Å². The van der Waals surface area contributed by atoms with Gasteiger partial charge in [0.05, 0.1) is 0 Å². The van der Waals surface area contributed by atoms with Crippen molar-refractivity contribution in [2.75, 3.05) is 0 Å². The third-order valence-electron chi connectivity index (χ3n) is 7.83. The van der Waals surface area contributed by atoms with E-state index in [1.54, 1.807) is 0 Å². The normalized spacial score (nSPS) is 48.9. The molecule has 0 aromatic rings. The maximum atomic E-state index is 14.9. The summed E-state index contributed by atoms with van der Waals surface area (Å²) in [7, 11) is 0. The molecule has 0 heterocycles. The molecule has 0 saturated heterocycles. The molecule has 0 amide bonds. The Bertz CT molecular complexity index is 653. The van der Waals surface area contributed by atoms with E-state index in [0.29, 0.717) is 18.8 Å². The van der Waals surface area contributed by atoms with E-state index in [1.165, 1.54) is 12.0 Å². The Balaban J connectivity index is 1.81. The second-order valence-corrected chi connectivity index (χ2v) is 8.66. The van der Waals surface area contributed by atoms with Crippen molar-refractivity contribution in [2.45, 2.75) is 70.8 Å². The third kappa shape index (κ3) is 1.78. The van der Waals surface area contributed by atoms with E-state index < -0.39 is 5.60 Å². The molecule has 0 aromatic carbocycles. The van der Waals surface area contributed by atoms with Gasteiger partial charge in [0.25, 0.3) is 0 Å². The lowest BCUT2D eigenvalue weighted by Gasteiger charge is -2.53. The van der Waals surface area contributed by atoms with Gasteiger partial charge >= 0.3 is 0 Å². The Morgan fingerprint density at radius 3 is 2.83 bits per heavy atom. The molecule has 124 valence electrons. The number of allylic oxidation sites excluding steroid dienone is 4. The van der Waals surface area contributed by atoms with Gasteiger partial charge in [0.1, 0.15) is 11.4 Å². The van der Waals surface area contributed by atoms with Crippen LogP contribution in [0.1, 0.15) is 65.2 Å². The van der Waals surface area contributed by atoms with Gasteiger partial charge in [-0.15, -0.1) is 6.42 Å². The third-order valence-corrected chi connectivity index (χ3v) is 7.83. The predicted octanol–water partition coefficient (Wildman–Crippen LogP) is 4.92. The summed E-state index contributed by atoms with van der Waals surface area (Å²) in [5, 5.41) is 10.9. The SMILES string of the molecule is C#C[C@]1(O)CC[C@H]2[C@@H]3CC(F)=C4CCCC[C@]4(C)C3=CC[C@@]21C. The van der Waals surface area contributed by atoms with Crippen LogP contribution in [0.2, 0.25) is 0 Å². The molecule has 23 heavy (non-hydrogen) atoms. The van der Waals surface area contributed by atoms with Crippen molar-refractivity contribution in [3.8, 4) is 12.3 Å². The highest BCUT2D eigenvalue weighted by atomic mass is 19.1. The highest BCUT2D eigenvalue weighted by Crippen LogP contribution is 2.66. The summed E-state index contributed by atoms with van der Waals surface area (Å²) in [6.45, 7) is 4.38.